The largest absolute Gasteiger partial charge is 0.316 e. The van der Waals surface area contributed by atoms with Crippen LogP contribution < -0.4 is 10.0 Å². The second kappa shape index (κ2) is 7.35. The van der Waals surface area contributed by atoms with Crippen molar-refractivity contribution in [3.05, 3.63) is 48.3 Å². The molecule has 0 aliphatic carbocycles. The van der Waals surface area contributed by atoms with Gasteiger partial charge in [-0.25, -0.2) is 13.1 Å². The van der Waals surface area contributed by atoms with Crippen LogP contribution in [0.3, 0.4) is 0 Å². The number of hydrogen-bond donors (Lipinski definition) is 2. The number of benzene rings is 1. The van der Waals surface area contributed by atoms with E-state index in [1.807, 2.05) is 31.4 Å². The maximum Gasteiger partial charge on any atom is 0.240 e. The van der Waals surface area contributed by atoms with Crippen LogP contribution in [0.15, 0.2) is 47.6 Å². The fourth-order valence-corrected chi connectivity index (χ4v) is 3.03. The minimum atomic E-state index is -3.43. The highest BCUT2D eigenvalue weighted by Gasteiger charge is 2.12. The number of nitrogens with zero attached hydrogens (tertiary/aromatic N) is 2. The highest BCUT2D eigenvalue weighted by molar-refractivity contribution is 7.89. The molecule has 0 fully saturated rings. The number of aryl methyl sites for hydroxylation is 1. The molecule has 0 atom stereocenters. The Morgan fingerprint density at radius 2 is 2.00 bits per heavy atom. The summed E-state index contributed by atoms with van der Waals surface area (Å²) in [4.78, 5) is 0.293. The average Bonchev–Trinajstić information content (AvgIpc) is 2.98. The summed E-state index contributed by atoms with van der Waals surface area (Å²) in [5, 5.41) is 7.09. The van der Waals surface area contributed by atoms with Gasteiger partial charge in [0, 0.05) is 32.0 Å². The van der Waals surface area contributed by atoms with Crippen molar-refractivity contribution in [1.29, 1.82) is 0 Å². The number of hydrogen-bond acceptors (Lipinski definition) is 4. The predicted octanol–water partition coefficient (Wildman–Crippen LogP) is 0.971. The molecular formula is C14H20N4O2S. The van der Waals surface area contributed by atoms with Crippen LogP contribution in [0.1, 0.15) is 12.0 Å². The van der Waals surface area contributed by atoms with Crippen molar-refractivity contribution in [3.8, 4) is 0 Å². The van der Waals surface area contributed by atoms with Gasteiger partial charge in [0.1, 0.15) is 0 Å². The van der Waals surface area contributed by atoms with Gasteiger partial charge in [0.25, 0.3) is 0 Å². The first-order chi connectivity index (χ1) is 10.1. The van der Waals surface area contributed by atoms with Crippen molar-refractivity contribution in [2.75, 3.05) is 13.6 Å². The van der Waals surface area contributed by atoms with Crippen LogP contribution >= 0.6 is 0 Å². The van der Waals surface area contributed by atoms with Gasteiger partial charge in [0.2, 0.25) is 10.0 Å². The molecule has 114 valence electrons. The molecule has 0 bridgehead atoms. The zero-order chi connectivity index (χ0) is 15.1. The Morgan fingerprint density at radius 1 is 1.24 bits per heavy atom. The summed E-state index contributed by atoms with van der Waals surface area (Å²) >= 11 is 0. The van der Waals surface area contributed by atoms with Gasteiger partial charge in [-0.15, -0.1) is 0 Å². The highest BCUT2D eigenvalue weighted by Crippen LogP contribution is 2.10. The number of aromatic nitrogens is 2. The lowest BCUT2D eigenvalue weighted by Crippen LogP contribution is -2.25. The number of sulfonamides is 1. The molecule has 21 heavy (non-hydrogen) atoms. The minimum Gasteiger partial charge on any atom is -0.316 e. The van der Waals surface area contributed by atoms with E-state index in [-0.39, 0.29) is 0 Å². The monoisotopic (exact) mass is 308 g/mol. The molecule has 0 saturated heterocycles. The van der Waals surface area contributed by atoms with Gasteiger partial charge in [0.05, 0.1) is 4.90 Å². The summed E-state index contributed by atoms with van der Waals surface area (Å²) in [6.07, 6.45) is 4.25. The van der Waals surface area contributed by atoms with Crippen molar-refractivity contribution in [2.24, 2.45) is 0 Å². The quantitative estimate of drug-likeness (QED) is 0.713. The van der Waals surface area contributed by atoms with Crippen molar-refractivity contribution in [3.63, 3.8) is 0 Å². The lowest BCUT2D eigenvalue weighted by Gasteiger charge is -2.08. The van der Waals surface area contributed by atoms with Gasteiger partial charge in [-0.1, -0.05) is 12.1 Å². The molecule has 0 aliphatic rings. The summed E-state index contributed by atoms with van der Waals surface area (Å²) in [6, 6.07) is 8.73. The third kappa shape index (κ3) is 4.66. The normalized spacial score (nSPS) is 11.7. The Hall–Kier alpha value is -1.70. The lowest BCUT2D eigenvalue weighted by molar-refractivity contribution is 0.553. The first-order valence-corrected chi connectivity index (χ1v) is 8.31. The smallest absolute Gasteiger partial charge is 0.240 e. The van der Waals surface area contributed by atoms with E-state index in [0.29, 0.717) is 24.4 Å². The van der Waals surface area contributed by atoms with E-state index in [2.05, 4.69) is 15.1 Å². The van der Waals surface area contributed by atoms with Gasteiger partial charge in [-0.05, 0) is 37.2 Å². The van der Waals surface area contributed by atoms with Gasteiger partial charge in [0.15, 0.2) is 0 Å². The van der Waals surface area contributed by atoms with Crippen LogP contribution in [-0.2, 0) is 23.1 Å². The third-order valence-corrected chi connectivity index (χ3v) is 4.51. The Kier molecular flexibility index (Phi) is 5.49. The van der Waals surface area contributed by atoms with E-state index in [1.54, 1.807) is 23.0 Å². The fraction of sp³-hybridized carbons (Fsp3) is 0.357. The lowest BCUT2D eigenvalue weighted by atomic mass is 10.2. The van der Waals surface area contributed by atoms with Crippen LogP contribution in [0, 0.1) is 0 Å². The zero-order valence-corrected chi connectivity index (χ0v) is 12.8. The molecule has 1 aromatic heterocycles. The molecule has 0 saturated carbocycles. The molecule has 0 radical (unpaired) electrons. The fourth-order valence-electron chi connectivity index (χ4n) is 1.95. The Morgan fingerprint density at radius 3 is 2.62 bits per heavy atom. The minimum absolute atomic E-state index is 0.293. The predicted molar refractivity (Wildman–Crippen MR) is 81.2 cm³/mol. The van der Waals surface area contributed by atoms with Gasteiger partial charge in [-0.3, -0.25) is 4.68 Å². The molecule has 2 N–H and O–H groups in total. The SMILES string of the molecule is CNCc1ccc(S(=O)(=O)NCCCn2cccn2)cc1. The Labute approximate surface area is 125 Å². The van der Waals surface area contributed by atoms with E-state index in [1.165, 1.54) is 0 Å². The Bertz CT molecular complexity index is 636. The molecule has 0 amide bonds. The number of nitrogens with one attached hydrogen (secondary N) is 2. The van der Waals surface area contributed by atoms with Crippen molar-refractivity contribution in [2.45, 2.75) is 24.4 Å². The van der Waals surface area contributed by atoms with E-state index < -0.39 is 10.0 Å². The number of rotatable bonds is 8. The molecule has 7 heteroatoms. The van der Waals surface area contributed by atoms with Crippen molar-refractivity contribution < 1.29 is 8.42 Å². The first-order valence-electron chi connectivity index (χ1n) is 6.82. The van der Waals surface area contributed by atoms with Crippen molar-refractivity contribution >= 4 is 10.0 Å². The maximum absolute atomic E-state index is 12.1. The summed E-state index contributed by atoms with van der Waals surface area (Å²) in [6.45, 7) is 1.80. The van der Waals surface area contributed by atoms with Crippen molar-refractivity contribution in [1.82, 2.24) is 19.8 Å². The summed E-state index contributed by atoms with van der Waals surface area (Å²) in [5.41, 5.74) is 1.05. The molecule has 2 aromatic rings. The van der Waals surface area contributed by atoms with Gasteiger partial charge < -0.3 is 5.32 Å². The third-order valence-electron chi connectivity index (χ3n) is 3.03. The molecule has 0 aliphatic heterocycles. The molecule has 0 unspecified atom stereocenters. The molecule has 0 spiro atoms. The molecule has 2 rings (SSSR count). The molecule has 1 heterocycles. The molecule has 6 nitrogen and oxygen atoms in total. The van der Waals surface area contributed by atoms with E-state index >= 15 is 0 Å². The summed E-state index contributed by atoms with van der Waals surface area (Å²) in [5.74, 6) is 0. The standard InChI is InChI=1S/C14H20N4O2S/c1-15-12-13-4-6-14(7-5-13)21(19,20)17-9-3-11-18-10-2-8-16-18/h2,4-8,10,15,17H,3,9,11-12H2,1H3. The summed E-state index contributed by atoms with van der Waals surface area (Å²) in [7, 11) is -1.58. The van der Waals surface area contributed by atoms with E-state index in [4.69, 9.17) is 0 Å². The van der Waals surface area contributed by atoms with E-state index in [9.17, 15) is 8.42 Å². The molecular weight excluding hydrogens is 288 g/mol. The molecule has 1 aromatic carbocycles. The van der Waals surface area contributed by atoms with E-state index in [0.717, 1.165) is 12.1 Å². The van der Waals surface area contributed by atoms with Crippen LogP contribution in [0.5, 0.6) is 0 Å². The second-order valence-corrected chi connectivity index (χ2v) is 6.46. The zero-order valence-electron chi connectivity index (χ0n) is 12.0. The second-order valence-electron chi connectivity index (χ2n) is 4.69. The highest BCUT2D eigenvalue weighted by atomic mass is 32.2. The van der Waals surface area contributed by atoms with Gasteiger partial charge in [-0.2, -0.15) is 5.10 Å². The van der Waals surface area contributed by atoms with Crippen LogP contribution in [0.2, 0.25) is 0 Å². The topological polar surface area (TPSA) is 76.0 Å². The van der Waals surface area contributed by atoms with Crippen LogP contribution in [-0.4, -0.2) is 31.8 Å². The average molecular weight is 308 g/mol. The summed E-state index contributed by atoms with van der Waals surface area (Å²) < 4.78 is 28.6. The van der Waals surface area contributed by atoms with Crippen LogP contribution in [0.25, 0.3) is 0 Å². The Balaban J connectivity index is 1.85. The van der Waals surface area contributed by atoms with Gasteiger partial charge >= 0.3 is 0 Å². The van der Waals surface area contributed by atoms with Crippen LogP contribution in [0.4, 0.5) is 0 Å². The maximum atomic E-state index is 12.1. The first kappa shape index (κ1) is 15.7.